The zero-order valence-corrected chi connectivity index (χ0v) is 14.3. The zero-order chi connectivity index (χ0) is 14.1. The maximum absolute atomic E-state index is 12.3. The van der Waals surface area contributed by atoms with E-state index in [4.69, 9.17) is 5.73 Å². The molecule has 20 heavy (non-hydrogen) atoms. The van der Waals surface area contributed by atoms with Gasteiger partial charge in [-0.25, -0.2) is 13.4 Å². The van der Waals surface area contributed by atoms with Crippen LogP contribution in [0, 0.1) is 0 Å². The summed E-state index contributed by atoms with van der Waals surface area (Å²) in [5, 5.41) is 0.567. The molecule has 116 valence electrons. The molecule has 0 aromatic carbocycles. The van der Waals surface area contributed by atoms with Crippen LogP contribution >= 0.6 is 23.7 Å². The van der Waals surface area contributed by atoms with Gasteiger partial charge in [0.15, 0.2) is 15.0 Å². The number of hydrogen-bond acceptors (Lipinski definition) is 6. The van der Waals surface area contributed by atoms with Crippen molar-refractivity contribution in [2.75, 3.05) is 24.6 Å². The lowest BCUT2D eigenvalue weighted by molar-refractivity contribution is 0.223. The van der Waals surface area contributed by atoms with Crippen molar-refractivity contribution in [2.45, 2.75) is 38.0 Å². The van der Waals surface area contributed by atoms with E-state index in [-0.39, 0.29) is 18.2 Å². The van der Waals surface area contributed by atoms with Gasteiger partial charge in [-0.2, -0.15) is 0 Å². The average Bonchev–Trinajstić information content (AvgIpc) is 2.77. The number of nitrogens with two attached hydrogens (primary N) is 1. The van der Waals surface area contributed by atoms with Crippen molar-refractivity contribution in [1.82, 2.24) is 9.88 Å². The second-order valence-electron chi connectivity index (χ2n) is 5.08. The number of rotatable bonds is 4. The van der Waals surface area contributed by atoms with Gasteiger partial charge in [-0.1, -0.05) is 13.8 Å². The Hall–Kier alpha value is -0.370. The fraction of sp³-hybridized carbons (Fsp3) is 0.750. The van der Waals surface area contributed by atoms with Crippen LogP contribution in [0.2, 0.25) is 0 Å². The summed E-state index contributed by atoms with van der Waals surface area (Å²) in [5.41, 5.74) is 5.63. The predicted molar refractivity (Wildman–Crippen MR) is 86.2 cm³/mol. The van der Waals surface area contributed by atoms with Crippen LogP contribution in [-0.4, -0.2) is 41.9 Å². The molecule has 0 bridgehead atoms. The molecule has 0 atom stereocenters. The Morgan fingerprint density at radius 3 is 2.60 bits per heavy atom. The Balaban J connectivity index is 0.00000200. The molecular weight excluding hydrogens is 318 g/mol. The van der Waals surface area contributed by atoms with Gasteiger partial charge in [0, 0.05) is 30.7 Å². The molecule has 8 heteroatoms. The van der Waals surface area contributed by atoms with Crippen LogP contribution in [0.5, 0.6) is 0 Å². The van der Waals surface area contributed by atoms with E-state index in [1.807, 2.05) is 13.8 Å². The van der Waals surface area contributed by atoms with E-state index < -0.39 is 14.6 Å². The fourth-order valence-electron chi connectivity index (χ4n) is 2.72. The van der Waals surface area contributed by atoms with Crippen molar-refractivity contribution < 1.29 is 8.42 Å². The van der Waals surface area contributed by atoms with Gasteiger partial charge in [-0.15, -0.1) is 23.7 Å². The Morgan fingerprint density at radius 1 is 1.45 bits per heavy atom. The third-order valence-corrected chi connectivity index (χ3v) is 7.64. The molecule has 0 aliphatic carbocycles. The van der Waals surface area contributed by atoms with Gasteiger partial charge in [0.2, 0.25) is 0 Å². The maximum Gasteiger partial charge on any atom is 0.180 e. The Morgan fingerprint density at radius 2 is 2.10 bits per heavy atom. The first-order valence-electron chi connectivity index (χ1n) is 6.57. The molecule has 1 aliphatic rings. The van der Waals surface area contributed by atoms with Gasteiger partial charge in [-0.3, -0.25) is 4.90 Å². The summed E-state index contributed by atoms with van der Waals surface area (Å²) in [7, 11) is -2.98. The largest absolute Gasteiger partial charge is 0.375 e. The van der Waals surface area contributed by atoms with E-state index in [0.29, 0.717) is 31.1 Å². The summed E-state index contributed by atoms with van der Waals surface area (Å²) < 4.78 is 24.0. The highest BCUT2D eigenvalue weighted by molar-refractivity contribution is 7.92. The van der Waals surface area contributed by atoms with E-state index >= 15 is 0 Å². The van der Waals surface area contributed by atoms with Crippen LogP contribution in [0.1, 0.15) is 31.6 Å². The van der Waals surface area contributed by atoms with Crippen molar-refractivity contribution in [1.29, 1.82) is 0 Å². The van der Waals surface area contributed by atoms with Crippen LogP contribution in [0.3, 0.4) is 0 Å². The average molecular weight is 340 g/mol. The zero-order valence-electron chi connectivity index (χ0n) is 11.8. The minimum Gasteiger partial charge on any atom is -0.375 e. The lowest BCUT2D eigenvalue weighted by Gasteiger charge is -2.41. The van der Waals surface area contributed by atoms with Crippen molar-refractivity contribution in [3.05, 3.63) is 11.1 Å². The summed E-state index contributed by atoms with van der Waals surface area (Å²) in [6, 6.07) is 0. The van der Waals surface area contributed by atoms with Crippen molar-refractivity contribution >= 4 is 38.7 Å². The second-order valence-corrected chi connectivity index (χ2v) is 8.74. The molecule has 0 spiro atoms. The Bertz CT molecular complexity index is 541. The first kappa shape index (κ1) is 17.7. The summed E-state index contributed by atoms with van der Waals surface area (Å²) >= 11 is 1.47. The van der Waals surface area contributed by atoms with E-state index in [1.165, 1.54) is 11.3 Å². The predicted octanol–water partition coefficient (Wildman–Crippen LogP) is 1.94. The highest BCUT2D eigenvalue weighted by Gasteiger charge is 2.44. The summed E-state index contributed by atoms with van der Waals surface area (Å²) in [6.07, 6.45) is 3.13. The molecule has 0 radical (unpaired) electrons. The summed E-state index contributed by atoms with van der Waals surface area (Å²) in [5.74, 6) is 0.253. The molecule has 0 amide bonds. The molecule has 2 N–H and O–H groups in total. The van der Waals surface area contributed by atoms with Crippen molar-refractivity contribution in [3.63, 3.8) is 0 Å². The van der Waals surface area contributed by atoms with Crippen LogP contribution in [-0.2, 0) is 16.4 Å². The minimum atomic E-state index is -2.98. The molecule has 2 heterocycles. The molecule has 1 fully saturated rings. The lowest BCUT2D eigenvalue weighted by Crippen LogP contribution is -2.55. The molecule has 1 aliphatic heterocycles. The highest BCUT2D eigenvalue weighted by Crippen LogP contribution is 2.32. The third kappa shape index (κ3) is 3.27. The molecule has 1 saturated heterocycles. The monoisotopic (exact) mass is 339 g/mol. The molecule has 0 unspecified atom stereocenters. The van der Waals surface area contributed by atoms with Gasteiger partial charge in [0.1, 0.15) is 0 Å². The normalized spacial score (nSPS) is 21.3. The number of anilines is 1. The van der Waals surface area contributed by atoms with Crippen LogP contribution in [0.4, 0.5) is 5.13 Å². The number of aromatic nitrogens is 1. The van der Waals surface area contributed by atoms with Crippen LogP contribution in [0.25, 0.3) is 0 Å². The van der Waals surface area contributed by atoms with Gasteiger partial charge in [0.25, 0.3) is 0 Å². The van der Waals surface area contributed by atoms with Crippen molar-refractivity contribution in [3.8, 4) is 0 Å². The van der Waals surface area contributed by atoms with Crippen LogP contribution < -0.4 is 5.73 Å². The minimum absolute atomic E-state index is 0. The SMILES string of the molecule is CCC1(CC)CN(Cc2cnc(N)s2)CCS1(=O)=O.Cl. The van der Waals surface area contributed by atoms with Crippen LogP contribution in [0.15, 0.2) is 6.20 Å². The van der Waals surface area contributed by atoms with Gasteiger partial charge in [-0.05, 0) is 12.8 Å². The highest BCUT2D eigenvalue weighted by atomic mass is 35.5. The maximum atomic E-state index is 12.3. The third-order valence-electron chi connectivity index (χ3n) is 4.09. The number of thiazole rings is 1. The molecular formula is C12H22ClN3O2S2. The lowest BCUT2D eigenvalue weighted by atomic mass is 10.0. The molecule has 1 aromatic heterocycles. The van der Waals surface area contributed by atoms with Gasteiger partial charge in [0.05, 0.1) is 10.5 Å². The van der Waals surface area contributed by atoms with Gasteiger partial charge < -0.3 is 5.73 Å². The molecule has 1 aromatic rings. The molecule has 0 saturated carbocycles. The summed E-state index contributed by atoms with van der Waals surface area (Å²) in [6.45, 7) is 5.89. The first-order chi connectivity index (χ1) is 8.92. The quantitative estimate of drug-likeness (QED) is 0.907. The number of sulfone groups is 1. The fourth-order valence-corrected chi connectivity index (χ4v) is 5.63. The number of nitrogens with zero attached hydrogens (tertiary/aromatic N) is 2. The van der Waals surface area contributed by atoms with Gasteiger partial charge >= 0.3 is 0 Å². The van der Waals surface area contributed by atoms with Crippen molar-refractivity contribution in [2.24, 2.45) is 0 Å². The Kier molecular flexibility index (Phi) is 5.83. The van der Waals surface area contributed by atoms with E-state index in [1.54, 1.807) is 6.20 Å². The van der Waals surface area contributed by atoms with E-state index in [2.05, 4.69) is 9.88 Å². The summed E-state index contributed by atoms with van der Waals surface area (Å²) in [4.78, 5) is 7.34. The standard InChI is InChI=1S/C12H21N3O2S2.ClH/c1-3-12(4-2)9-15(5-6-19(12,16)17)8-10-7-14-11(13)18-10;/h7H,3-6,8-9H2,1-2H3,(H2,13,14);1H. The number of nitrogen functional groups attached to an aromatic ring is 1. The smallest absolute Gasteiger partial charge is 0.180 e. The second kappa shape index (κ2) is 6.60. The van der Waals surface area contributed by atoms with E-state index in [9.17, 15) is 8.42 Å². The number of halogens is 1. The Labute approximate surface area is 130 Å². The number of hydrogen-bond donors (Lipinski definition) is 1. The topological polar surface area (TPSA) is 76.3 Å². The van der Waals surface area contributed by atoms with E-state index in [0.717, 1.165) is 11.4 Å². The molecule has 5 nitrogen and oxygen atoms in total. The first-order valence-corrected chi connectivity index (χ1v) is 9.04. The molecule has 2 rings (SSSR count).